The van der Waals surface area contributed by atoms with Crippen LogP contribution in [0, 0.1) is 5.82 Å². The molecule has 0 radical (unpaired) electrons. The first kappa shape index (κ1) is 12.2. The molecular formula is C14H14ClFO. The predicted molar refractivity (Wildman–Crippen MR) is 66.8 cm³/mol. The van der Waals surface area contributed by atoms with Crippen molar-refractivity contribution in [3.63, 3.8) is 0 Å². The summed E-state index contributed by atoms with van der Waals surface area (Å²) in [7, 11) is 0. The molecule has 0 aliphatic heterocycles. The largest absolute Gasteiger partial charge is 0.465 e. The molecule has 0 aliphatic carbocycles. The van der Waals surface area contributed by atoms with Gasteiger partial charge in [0.1, 0.15) is 17.3 Å². The molecule has 0 aliphatic rings. The van der Waals surface area contributed by atoms with Crippen molar-refractivity contribution in [3.8, 4) is 0 Å². The summed E-state index contributed by atoms with van der Waals surface area (Å²) < 4.78 is 18.3. The molecule has 1 aromatic heterocycles. The molecule has 0 spiro atoms. The van der Waals surface area contributed by atoms with E-state index in [0.717, 1.165) is 23.5 Å². The van der Waals surface area contributed by atoms with E-state index in [1.54, 1.807) is 12.1 Å². The predicted octanol–water partition coefficient (Wildman–Crippen LogP) is 4.50. The molecule has 2 rings (SSSR count). The quantitative estimate of drug-likeness (QED) is 0.730. The lowest BCUT2D eigenvalue weighted by Crippen LogP contribution is -1.94. The monoisotopic (exact) mass is 252 g/mol. The highest BCUT2D eigenvalue weighted by Crippen LogP contribution is 2.26. The third-order valence-electron chi connectivity index (χ3n) is 2.67. The van der Waals surface area contributed by atoms with Gasteiger partial charge in [0, 0.05) is 6.42 Å². The Balaban J connectivity index is 2.05. The maximum absolute atomic E-state index is 12.7. The van der Waals surface area contributed by atoms with E-state index in [-0.39, 0.29) is 11.2 Å². The van der Waals surface area contributed by atoms with Crippen LogP contribution in [0.1, 0.15) is 29.4 Å². The van der Waals surface area contributed by atoms with Gasteiger partial charge >= 0.3 is 0 Å². The van der Waals surface area contributed by atoms with Gasteiger partial charge in [-0.15, -0.1) is 11.6 Å². The molecule has 2 aromatic rings. The summed E-state index contributed by atoms with van der Waals surface area (Å²) in [4.78, 5) is 0. The van der Waals surface area contributed by atoms with Crippen LogP contribution in [0.5, 0.6) is 0 Å². The van der Waals surface area contributed by atoms with Crippen molar-refractivity contribution in [2.75, 3.05) is 0 Å². The van der Waals surface area contributed by atoms with E-state index in [9.17, 15) is 4.39 Å². The Morgan fingerprint density at radius 1 is 1.18 bits per heavy atom. The Morgan fingerprint density at radius 3 is 2.47 bits per heavy atom. The van der Waals surface area contributed by atoms with E-state index in [1.807, 2.05) is 19.1 Å². The van der Waals surface area contributed by atoms with E-state index >= 15 is 0 Å². The molecule has 0 N–H and O–H groups in total. The van der Waals surface area contributed by atoms with Crippen molar-refractivity contribution in [1.29, 1.82) is 0 Å². The van der Waals surface area contributed by atoms with Gasteiger partial charge in [0.05, 0.1) is 5.38 Å². The minimum absolute atomic E-state index is 0.208. The highest BCUT2D eigenvalue weighted by molar-refractivity contribution is 6.20. The van der Waals surface area contributed by atoms with E-state index in [1.165, 1.54) is 12.1 Å². The zero-order valence-corrected chi connectivity index (χ0v) is 10.4. The van der Waals surface area contributed by atoms with Crippen LogP contribution in [0.2, 0.25) is 0 Å². The lowest BCUT2D eigenvalue weighted by atomic mass is 10.1. The van der Waals surface area contributed by atoms with Gasteiger partial charge in [-0.25, -0.2) is 4.39 Å². The minimum Gasteiger partial charge on any atom is -0.465 e. The zero-order valence-electron chi connectivity index (χ0n) is 9.62. The molecule has 1 atom stereocenters. The second-order valence-corrected chi connectivity index (χ2v) is 4.48. The van der Waals surface area contributed by atoms with Gasteiger partial charge in [-0.2, -0.15) is 0 Å². The summed E-state index contributed by atoms with van der Waals surface area (Å²) in [5.41, 5.74) is 1.00. The van der Waals surface area contributed by atoms with Gasteiger partial charge < -0.3 is 4.42 Å². The highest BCUT2D eigenvalue weighted by Gasteiger charge is 2.13. The van der Waals surface area contributed by atoms with Crippen LogP contribution in [0.3, 0.4) is 0 Å². The Morgan fingerprint density at radius 2 is 1.88 bits per heavy atom. The topological polar surface area (TPSA) is 13.1 Å². The van der Waals surface area contributed by atoms with Gasteiger partial charge in [0.15, 0.2) is 0 Å². The van der Waals surface area contributed by atoms with E-state index in [4.69, 9.17) is 16.0 Å². The first-order chi connectivity index (χ1) is 8.19. The number of aryl methyl sites for hydroxylation is 1. The molecule has 1 aromatic carbocycles. The van der Waals surface area contributed by atoms with Crippen molar-refractivity contribution in [3.05, 3.63) is 59.3 Å². The summed E-state index contributed by atoms with van der Waals surface area (Å²) in [6, 6.07) is 10.2. The Kier molecular flexibility index (Phi) is 3.85. The van der Waals surface area contributed by atoms with Crippen molar-refractivity contribution < 1.29 is 8.81 Å². The highest BCUT2D eigenvalue weighted by atomic mass is 35.5. The number of furan rings is 1. The summed E-state index contributed by atoms with van der Waals surface area (Å²) >= 11 is 6.26. The van der Waals surface area contributed by atoms with E-state index in [2.05, 4.69) is 0 Å². The Labute approximate surface area is 105 Å². The minimum atomic E-state index is -0.230. The van der Waals surface area contributed by atoms with Crippen LogP contribution in [0.15, 0.2) is 40.8 Å². The lowest BCUT2D eigenvalue weighted by Gasteiger charge is -2.06. The second-order valence-electron chi connectivity index (χ2n) is 3.96. The maximum atomic E-state index is 12.7. The van der Waals surface area contributed by atoms with Crippen LogP contribution < -0.4 is 0 Å². The number of hydrogen-bond acceptors (Lipinski definition) is 1. The molecule has 0 fully saturated rings. The molecule has 3 heteroatoms. The molecule has 1 heterocycles. The van der Waals surface area contributed by atoms with Crippen LogP contribution in [0.4, 0.5) is 4.39 Å². The SMILES string of the molecule is CCc1ccc(C(Cl)Cc2ccc(F)cc2)o1. The summed E-state index contributed by atoms with van der Waals surface area (Å²) in [5.74, 6) is 1.48. The normalized spacial score (nSPS) is 12.6. The summed E-state index contributed by atoms with van der Waals surface area (Å²) in [6.45, 7) is 2.03. The molecule has 1 nitrogen and oxygen atoms in total. The van der Waals surface area contributed by atoms with Crippen molar-refractivity contribution in [1.82, 2.24) is 0 Å². The molecule has 0 amide bonds. The van der Waals surface area contributed by atoms with Crippen molar-refractivity contribution in [2.24, 2.45) is 0 Å². The Bertz CT molecular complexity index is 475. The van der Waals surface area contributed by atoms with Crippen molar-refractivity contribution in [2.45, 2.75) is 25.1 Å². The third kappa shape index (κ3) is 3.10. The fourth-order valence-electron chi connectivity index (χ4n) is 1.68. The van der Waals surface area contributed by atoms with E-state index < -0.39 is 0 Å². The fraction of sp³-hybridized carbons (Fsp3) is 0.286. The molecule has 0 saturated carbocycles. The van der Waals surface area contributed by atoms with Crippen LogP contribution in [0.25, 0.3) is 0 Å². The Hall–Kier alpha value is -1.28. The average Bonchev–Trinajstić information content (AvgIpc) is 2.81. The summed E-state index contributed by atoms with van der Waals surface area (Å²) in [6.07, 6.45) is 1.50. The van der Waals surface area contributed by atoms with Gasteiger partial charge in [-0.05, 0) is 36.2 Å². The first-order valence-corrected chi connectivity index (χ1v) is 6.10. The van der Waals surface area contributed by atoms with Crippen LogP contribution in [-0.4, -0.2) is 0 Å². The number of alkyl halides is 1. The smallest absolute Gasteiger partial charge is 0.123 e. The van der Waals surface area contributed by atoms with Gasteiger partial charge in [-0.1, -0.05) is 19.1 Å². The molecule has 1 unspecified atom stereocenters. The van der Waals surface area contributed by atoms with Gasteiger partial charge in [0.25, 0.3) is 0 Å². The lowest BCUT2D eigenvalue weighted by molar-refractivity contribution is 0.464. The standard InChI is InChI=1S/C14H14ClFO/c1-2-12-7-8-14(17-12)13(15)9-10-3-5-11(16)6-4-10/h3-8,13H,2,9H2,1H3. The van der Waals surface area contributed by atoms with Crippen LogP contribution >= 0.6 is 11.6 Å². The second kappa shape index (κ2) is 5.37. The molecular weight excluding hydrogens is 239 g/mol. The van der Waals surface area contributed by atoms with Gasteiger partial charge in [-0.3, -0.25) is 0 Å². The first-order valence-electron chi connectivity index (χ1n) is 5.66. The third-order valence-corrected chi connectivity index (χ3v) is 3.04. The maximum Gasteiger partial charge on any atom is 0.123 e. The molecule has 0 bridgehead atoms. The average molecular weight is 253 g/mol. The van der Waals surface area contributed by atoms with E-state index in [0.29, 0.717) is 6.42 Å². The number of rotatable bonds is 4. The van der Waals surface area contributed by atoms with Gasteiger partial charge in [0.2, 0.25) is 0 Å². The number of hydrogen-bond donors (Lipinski definition) is 0. The molecule has 17 heavy (non-hydrogen) atoms. The fourth-order valence-corrected chi connectivity index (χ4v) is 1.98. The van der Waals surface area contributed by atoms with Crippen LogP contribution in [-0.2, 0) is 12.8 Å². The number of benzene rings is 1. The summed E-state index contributed by atoms with van der Waals surface area (Å²) in [5, 5.41) is -0.208. The number of halogens is 2. The van der Waals surface area contributed by atoms with Crippen molar-refractivity contribution >= 4 is 11.6 Å². The molecule has 0 saturated heterocycles. The molecule has 90 valence electrons. The zero-order chi connectivity index (χ0) is 12.3.